The number of hydrogen-bond acceptors (Lipinski definition) is 3. The first-order chi connectivity index (χ1) is 15.4. The quantitative estimate of drug-likeness (QED) is 0.425. The van der Waals surface area contributed by atoms with E-state index in [0.717, 1.165) is 5.56 Å². The molecule has 4 aromatic rings. The van der Waals surface area contributed by atoms with Crippen LogP contribution < -0.4 is 4.72 Å². The molecular formula is C27H25NO3S. The van der Waals surface area contributed by atoms with E-state index in [4.69, 9.17) is 0 Å². The van der Waals surface area contributed by atoms with Crippen molar-refractivity contribution in [1.29, 1.82) is 0 Å². The number of nitrogens with one attached hydrogen (secondary N) is 1. The smallest absolute Gasteiger partial charge is 0.241 e. The Morgan fingerprint density at radius 1 is 0.688 bits per heavy atom. The zero-order valence-electron chi connectivity index (χ0n) is 17.7. The molecule has 0 aliphatic carbocycles. The summed E-state index contributed by atoms with van der Waals surface area (Å²) in [6, 6.07) is 33.1. The molecule has 0 bridgehead atoms. The van der Waals surface area contributed by atoms with Crippen LogP contribution in [0.3, 0.4) is 0 Å². The van der Waals surface area contributed by atoms with Crippen LogP contribution >= 0.6 is 0 Å². The van der Waals surface area contributed by atoms with Crippen LogP contribution in [0.4, 0.5) is 0 Å². The van der Waals surface area contributed by atoms with Crippen molar-refractivity contribution >= 4 is 10.0 Å². The molecule has 0 saturated carbocycles. The van der Waals surface area contributed by atoms with Gasteiger partial charge in [0.25, 0.3) is 0 Å². The lowest BCUT2D eigenvalue weighted by molar-refractivity contribution is 0.0449. The molecule has 162 valence electrons. The summed E-state index contributed by atoms with van der Waals surface area (Å²) in [5.41, 5.74) is 1.15. The minimum atomic E-state index is -3.93. The number of benzene rings is 4. The van der Waals surface area contributed by atoms with Crippen LogP contribution in [0, 0.1) is 6.92 Å². The number of hydrogen-bond donors (Lipinski definition) is 2. The topological polar surface area (TPSA) is 66.4 Å². The first kappa shape index (κ1) is 22.0. The van der Waals surface area contributed by atoms with Crippen molar-refractivity contribution in [2.75, 3.05) is 0 Å². The highest BCUT2D eigenvalue weighted by molar-refractivity contribution is 7.89. The zero-order chi connectivity index (χ0) is 22.6. The van der Waals surface area contributed by atoms with Gasteiger partial charge in [-0.2, -0.15) is 0 Å². The minimum absolute atomic E-state index is 0.146. The molecule has 0 amide bonds. The summed E-state index contributed by atoms with van der Waals surface area (Å²) >= 11 is 0. The van der Waals surface area contributed by atoms with Gasteiger partial charge in [-0.3, -0.25) is 0 Å². The van der Waals surface area contributed by atoms with Gasteiger partial charge in [-0.1, -0.05) is 109 Å². The lowest BCUT2D eigenvalue weighted by atomic mass is 9.78. The van der Waals surface area contributed by atoms with Crippen LogP contribution in [0.15, 0.2) is 120 Å². The number of rotatable bonds is 7. The van der Waals surface area contributed by atoms with Gasteiger partial charge >= 0.3 is 0 Å². The maximum atomic E-state index is 13.4. The van der Waals surface area contributed by atoms with Crippen LogP contribution in [0.2, 0.25) is 0 Å². The lowest BCUT2D eigenvalue weighted by Gasteiger charge is -2.38. The molecule has 32 heavy (non-hydrogen) atoms. The molecule has 2 N–H and O–H groups in total. The van der Waals surface area contributed by atoms with Gasteiger partial charge in [-0.15, -0.1) is 0 Å². The summed E-state index contributed by atoms with van der Waals surface area (Å²) < 4.78 is 29.6. The molecule has 5 heteroatoms. The average molecular weight is 444 g/mol. The monoisotopic (exact) mass is 443 g/mol. The molecular weight excluding hydrogens is 418 g/mol. The Morgan fingerprint density at radius 2 is 1.12 bits per heavy atom. The number of aryl methyl sites for hydroxylation is 1. The third-order valence-electron chi connectivity index (χ3n) is 5.58. The molecule has 0 saturated heterocycles. The normalized spacial score (nSPS) is 12.9. The van der Waals surface area contributed by atoms with E-state index in [0.29, 0.717) is 16.7 Å². The van der Waals surface area contributed by atoms with Gasteiger partial charge in [0.05, 0.1) is 10.9 Å². The van der Waals surface area contributed by atoms with Crippen molar-refractivity contribution in [2.45, 2.75) is 23.5 Å². The van der Waals surface area contributed by atoms with E-state index in [1.807, 2.05) is 97.9 Å². The van der Waals surface area contributed by atoms with Crippen LogP contribution in [0.1, 0.15) is 28.3 Å². The molecule has 0 heterocycles. The molecule has 4 aromatic carbocycles. The Hall–Kier alpha value is -3.25. The molecule has 0 aliphatic rings. The second kappa shape index (κ2) is 9.09. The largest absolute Gasteiger partial charge is 0.378 e. The van der Waals surface area contributed by atoms with Crippen molar-refractivity contribution < 1.29 is 13.5 Å². The van der Waals surface area contributed by atoms with Gasteiger partial charge in [-0.05, 0) is 35.7 Å². The predicted octanol–water partition coefficient (Wildman–Crippen LogP) is 4.95. The fourth-order valence-electron chi connectivity index (χ4n) is 3.87. The van der Waals surface area contributed by atoms with Crippen molar-refractivity contribution in [3.63, 3.8) is 0 Å². The molecule has 0 spiro atoms. The van der Waals surface area contributed by atoms with Gasteiger partial charge in [0.2, 0.25) is 10.0 Å². The highest BCUT2D eigenvalue weighted by Gasteiger charge is 2.43. The summed E-state index contributed by atoms with van der Waals surface area (Å²) in [6.07, 6.45) is 0. The molecule has 0 radical (unpaired) electrons. The van der Waals surface area contributed by atoms with Crippen LogP contribution in [-0.2, 0) is 15.6 Å². The summed E-state index contributed by atoms with van der Waals surface area (Å²) in [6.45, 7) is 1.90. The average Bonchev–Trinajstić information content (AvgIpc) is 2.84. The molecule has 1 atom stereocenters. The third kappa shape index (κ3) is 4.36. The fourth-order valence-corrected chi connectivity index (χ4v) is 5.11. The summed E-state index contributed by atoms with van der Waals surface area (Å²) in [4.78, 5) is 0.146. The maximum absolute atomic E-state index is 13.4. The van der Waals surface area contributed by atoms with E-state index in [2.05, 4.69) is 4.72 Å². The van der Waals surface area contributed by atoms with Gasteiger partial charge in [0.15, 0.2) is 0 Å². The van der Waals surface area contributed by atoms with Gasteiger partial charge in [0, 0.05) is 0 Å². The Balaban J connectivity index is 1.91. The third-order valence-corrected chi connectivity index (χ3v) is 7.02. The van der Waals surface area contributed by atoms with Gasteiger partial charge in [0.1, 0.15) is 5.60 Å². The van der Waals surface area contributed by atoms with Crippen molar-refractivity contribution in [3.8, 4) is 0 Å². The van der Waals surface area contributed by atoms with Crippen LogP contribution in [0.5, 0.6) is 0 Å². The standard InChI is InChI=1S/C27H25NO3S/c1-21-17-19-25(20-18-21)32(30,31)28-26(22-11-5-2-6-12-22)27(29,23-13-7-3-8-14-23)24-15-9-4-10-16-24/h2-20,26,28-29H,1H3/t26-/m0/s1. The predicted molar refractivity (Wildman–Crippen MR) is 127 cm³/mol. The lowest BCUT2D eigenvalue weighted by Crippen LogP contribution is -2.45. The Morgan fingerprint density at radius 3 is 1.59 bits per heavy atom. The number of sulfonamides is 1. The fraction of sp³-hybridized carbons (Fsp3) is 0.111. The van der Waals surface area contributed by atoms with Crippen LogP contribution in [0.25, 0.3) is 0 Å². The minimum Gasteiger partial charge on any atom is -0.378 e. The van der Waals surface area contributed by atoms with E-state index < -0.39 is 21.7 Å². The first-order valence-corrected chi connectivity index (χ1v) is 11.9. The molecule has 0 aromatic heterocycles. The van der Waals surface area contributed by atoms with Crippen molar-refractivity contribution in [1.82, 2.24) is 4.72 Å². The van der Waals surface area contributed by atoms with Crippen molar-refractivity contribution in [2.24, 2.45) is 0 Å². The molecule has 0 fully saturated rings. The second-order valence-electron chi connectivity index (χ2n) is 7.78. The summed E-state index contributed by atoms with van der Waals surface area (Å²) in [5, 5.41) is 12.3. The van der Waals surface area contributed by atoms with E-state index in [-0.39, 0.29) is 4.90 Å². The highest BCUT2D eigenvalue weighted by Crippen LogP contribution is 2.41. The van der Waals surface area contributed by atoms with Crippen LogP contribution in [-0.4, -0.2) is 13.5 Å². The number of aliphatic hydroxyl groups is 1. The Bertz CT molecular complexity index is 1220. The maximum Gasteiger partial charge on any atom is 0.241 e. The Kier molecular flexibility index (Phi) is 6.24. The molecule has 4 nitrogen and oxygen atoms in total. The van der Waals surface area contributed by atoms with Gasteiger partial charge in [-0.25, -0.2) is 13.1 Å². The Labute approximate surface area is 189 Å². The van der Waals surface area contributed by atoms with E-state index in [1.54, 1.807) is 24.3 Å². The highest BCUT2D eigenvalue weighted by atomic mass is 32.2. The molecule has 0 unspecified atom stereocenters. The van der Waals surface area contributed by atoms with E-state index >= 15 is 0 Å². The zero-order valence-corrected chi connectivity index (χ0v) is 18.5. The molecule has 4 rings (SSSR count). The first-order valence-electron chi connectivity index (χ1n) is 10.4. The van der Waals surface area contributed by atoms with Gasteiger partial charge < -0.3 is 5.11 Å². The summed E-state index contributed by atoms with van der Waals surface area (Å²) in [7, 11) is -3.93. The van der Waals surface area contributed by atoms with E-state index in [9.17, 15) is 13.5 Å². The van der Waals surface area contributed by atoms with E-state index in [1.165, 1.54) is 0 Å². The second-order valence-corrected chi connectivity index (χ2v) is 9.49. The molecule has 0 aliphatic heterocycles. The summed E-state index contributed by atoms with van der Waals surface area (Å²) in [5.74, 6) is 0. The SMILES string of the molecule is Cc1ccc(S(=O)(=O)N[C@@H](c2ccccc2)C(O)(c2ccccc2)c2ccccc2)cc1. The van der Waals surface area contributed by atoms with Crippen molar-refractivity contribution in [3.05, 3.63) is 138 Å².